The Balaban J connectivity index is 0.00000273. The van der Waals surface area contributed by atoms with E-state index in [1.165, 1.54) is 44.2 Å². The largest absolute Gasteiger partial charge is 0.456 e. The van der Waals surface area contributed by atoms with Gasteiger partial charge in [-0.3, -0.25) is 4.57 Å². The van der Waals surface area contributed by atoms with Crippen molar-refractivity contribution in [1.82, 2.24) is 24.1 Å². The van der Waals surface area contributed by atoms with E-state index >= 15 is 0 Å². The highest BCUT2D eigenvalue weighted by Crippen LogP contribution is 2.50. The highest BCUT2D eigenvalue weighted by Gasteiger charge is 2.35. The van der Waals surface area contributed by atoms with Crippen LogP contribution in [0, 0.1) is 0 Å². The van der Waals surface area contributed by atoms with Crippen LogP contribution in [0.25, 0.3) is 144 Å². The molecule has 0 amide bonds. The lowest BCUT2D eigenvalue weighted by atomic mass is 9.82. The molecule has 0 unspecified atom stereocenters. The molecule has 1 aliphatic carbocycles. The van der Waals surface area contributed by atoms with Crippen molar-refractivity contribution in [2.45, 2.75) is 33.1 Å². The summed E-state index contributed by atoms with van der Waals surface area (Å²) >= 11 is 0. The van der Waals surface area contributed by atoms with Gasteiger partial charge in [-0.25, -0.2) is 4.98 Å². The third kappa shape index (κ3) is 7.36. The zero-order chi connectivity index (χ0) is 53.6. The summed E-state index contributed by atoms with van der Waals surface area (Å²) in [5, 5.41) is 6.73. The molecular weight excluding hydrogens is 975 g/mol. The average Bonchev–Trinajstić information content (AvgIpc) is 4.36. The van der Waals surface area contributed by atoms with Crippen LogP contribution < -0.4 is 0 Å². The molecule has 0 bridgehead atoms. The third-order valence-corrected chi connectivity index (χ3v) is 16.4. The van der Waals surface area contributed by atoms with E-state index < -0.39 is 0 Å². The maximum Gasteiger partial charge on any atom is 0.238 e. The average molecular weight is 1030 g/mol. The van der Waals surface area contributed by atoms with Gasteiger partial charge in [0.2, 0.25) is 5.95 Å². The number of fused-ring (bicyclic) bond motifs is 12. The molecule has 16 rings (SSSR count). The number of hydrogen-bond donors (Lipinski definition) is 0. The first-order chi connectivity index (χ1) is 39.4. The van der Waals surface area contributed by atoms with Gasteiger partial charge in [-0.05, 0) is 117 Å². The van der Waals surface area contributed by atoms with Gasteiger partial charge in [0.05, 0.1) is 22.1 Å². The van der Waals surface area contributed by atoms with Crippen molar-refractivity contribution >= 4 is 65.6 Å². The van der Waals surface area contributed by atoms with Crippen LogP contribution in [-0.4, -0.2) is 24.1 Å². The molecule has 0 fully saturated rings. The molecule has 0 saturated carbocycles. The molecule has 0 saturated heterocycles. The van der Waals surface area contributed by atoms with Crippen molar-refractivity contribution in [3.8, 4) is 78.9 Å². The molecule has 0 atom stereocenters. The van der Waals surface area contributed by atoms with Gasteiger partial charge in [-0.15, -0.1) is 0 Å². The van der Waals surface area contributed by atoms with E-state index in [4.69, 9.17) is 19.4 Å². The van der Waals surface area contributed by atoms with E-state index in [2.05, 4.69) is 235 Å². The van der Waals surface area contributed by atoms with Crippen LogP contribution in [-0.2, 0) is 5.41 Å². The van der Waals surface area contributed by atoms with Gasteiger partial charge in [0.15, 0.2) is 11.6 Å². The standard InChI is InChI=1S/C72H47N5O.C2H6/c1-72(2)61-29-10-6-23-53(61)59-41-48(34-37-62(59)72)46-20-14-19-45(39-46)47-21-15-22-49(40-47)52-27-16-28-58-60-43-51(76-63-30-11-7-24-54(63)55-25-8-12-31-64(55)76)35-38-65(60)77(68(52)58)71-74-69(44-17-4-3-5-18-44)73-70(75-71)50-33-36-57-56-26-9-13-32-66(56)78-67(57)42-50;1-2/h3-43H,1-2H3;1-2H3. The van der Waals surface area contributed by atoms with Crippen molar-refractivity contribution in [3.05, 3.63) is 260 Å². The molecule has 6 heteroatoms. The van der Waals surface area contributed by atoms with Crippen molar-refractivity contribution in [2.75, 3.05) is 0 Å². The number of rotatable bonds is 7. The Morgan fingerprint density at radius 3 is 1.62 bits per heavy atom. The van der Waals surface area contributed by atoms with Crippen LogP contribution in [0.4, 0.5) is 0 Å². The Morgan fingerprint density at radius 1 is 0.325 bits per heavy atom. The van der Waals surface area contributed by atoms with Gasteiger partial charge in [-0.2, -0.15) is 9.97 Å². The zero-order valence-electron chi connectivity index (χ0n) is 44.8. The highest BCUT2D eigenvalue weighted by atomic mass is 16.3. The molecule has 0 spiro atoms. The van der Waals surface area contributed by atoms with E-state index in [1.54, 1.807) is 0 Å². The number of para-hydroxylation sites is 4. The van der Waals surface area contributed by atoms with Crippen LogP contribution >= 0.6 is 0 Å². The fourth-order valence-electron chi connectivity index (χ4n) is 12.7. The van der Waals surface area contributed by atoms with Crippen LogP contribution in [0.3, 0.4) is 0 Å². The number of hydrogen-bond acceptors (Lipinski definition) is 4. The molecule has 1 aliphatic rings. The molecule has 0 N–H and O–H groups in total. The first-order valence-electron chi connectivity index (χ1n) is 27.7. The van der Waals surface area contributed by atoms with E-state index in [-0.39, 0.29) is 5.41 Å². The zero-order valence-corrected chi connectivity index (χ0v) is 44.8. The van der Waals surface area contributed by atoms with E-state index in [1.807, 2.05) is 50.2 Å². The van der Waals surface area contributed by atoms with E-state index in [0.29, 0.717) is 17.6 Å². The van der Waals surface area contributed by atoms with Crippen molar-refractivity contribution in [2.24, 2.45) is 0 Å². The second-order valence-electron chi connectivity index (χ2n) is 21.2. The topological polar surface area (TPSA) is 61.7 Å². The molecule has 80 heavy (non-hydrogen) atoms. The lowest BCUT2D eigenvalue weighted by molar-refractivity contribution is 0.660. The maximum atomic E-state index is 6.43. The van der Waals surface area contributed by atoms with Gasteiger partial charge in [-0.1, -0.05) is 210 Å². The fraction of sp³-hybridized carbons (Fsp3) is 0.0676. The first-order valence-corrected chi connectivity index (χ1v) is 27.7. The second kappa shape index (κ2) is 18.5. The number of aromatic nitrogens is 5. The molecule has 11 aromatic carbocycles. The van der Waals surface area contributed by atoms with Crippen LogP contribution in [0.1, 0.15) is 38.8 Å². The quantitative estimate of drug-likeness (QED) is 0.160. The molecule has 4 aromatic heterocycles. The number of benzene rings is 11. The summed E-state index contributed by atoms with van der Waals surface area (Å²) in [5.41, 5.74) is 20.9. The monoisotopic (exact) mass is 1030 g/mol. The van der Waals surface area contributed by atoms with Gasteiger partial charge < -0.3 is 8.98 Å². The van der Waals surface area contributed by atoms with E-state index in [0.717, 1.165) is 93.8 Å². The lowest BCUT2D eigenvalue weighted by Crippen LogP contribution is -2.14. The summed E-state index contributed by atoms with van der Waals surface area (Å²) in [5.74, 6) is 1.64. The molecule has 380 valence electrons. The summed E-state index contributed by atoms with van der Waals surface area (Å²) in [6, 6.07) is 89.3. The Bertz CT molecular complexity index is 4910. The van der Waals surface area contributed by atoms with Crippen LogP contribution in [0.15, 0.2) is 253 Å². The first kappa shape index (κ1) is 47.1. The summed E-state index contributed by atoms with van der Waals surface area (Å²) < 4.78 is 11.1. The van der Waals surface area contributed by atoms with Crippen LogP contribution in [0.5, 0.6) is 0 Å². The fourth-order valence-corrected chi connectivity index (χ4v) is 12.7. The lowest BCUT2D eigenvalue weighted by Gasteiger charge is -2.21. The summed E-state index contributed by atoms with van der Waals surface area (Å²) in [6.07, 6.45) is 0. The van der Waals surface area contributed by atoms with Gasteiger partial charge in [0.25, 0.3) is 0 Å². The number of furan rings is 1. The Labute approximate surface area is 463 Å². The summed E-state index contributed by atoms with van der Waals surface area (Å²) in [6.45, 7) is 8.67. The van der Waals surface area contributed by atoms with Crippen molar-refractivity contribution in [1.29, 1.82) is 0 Å². The Hall–Kier alpha value is -10.2. The summed E-state index contributed by atoms with van der Waals surface area (Å²) in [7, 11) is 0. The molecule has 0 aliphatic heterocycles. The second-order valence-corrected chi connectivity index (χ2v) is 21.2. The molecule has 4 heterocycles. The van der Waals surface area contributed by atoms with Crippen LogP contribution in [0.2, 0.25) is 0 Å². The van der Waals surface area contributed by atoms with Crippen molar-refractivity contribution in [3.63, 3.8) is 0 Å². The molecule has 0 radical (unpaired) electrons. The third-order valence-electron chi connectivity index (χ3n) is 16.4. The van der Waals surface area contributed by atoms with Crippen molar-refractivity contribution < 1.29 is 4.42 Å². The molecule has 6 nitrogen and oxygen atoms in total. The van der Waals surface area contributed by atoms with Gasteiger partial charge in [0, 0.05) is 60.1 Å². The normalized spacial score (nSPS) is 12.6. The van der Waals surface area contributed by atoms with Gasteiger partial charge >= 0.3 is 0 Å². The minimum atomic E-state index is -0.0446. The Morgan fingerprint density at radius 2 is 0.863 bits per heavy atom. The minimum absolute atomic E-state index is 0.0446. The number of nitrogens with zero attached hydrogens (tertiary/aromatic N) is 5. The molecular formula is C74H53N5O. The minimum Gasteiger partial charge on any atom is -0.456 e. The smallest absolute Gasteiger partial charge is 0.238 e. The highest BCUT2D eigenvalue weighted by molar-refractivity contribution is 6.15. The maximum absolute atomic E-state index is 6.43. The van der Waals surface area contributed by atoms with Gasteiger partial charge in [0.1, 0.15) is 11.2 Å². The summed E-state index contributed by atoms with van der Waals surface area (Å²) in [4.78, 5) is 16.1. The predicted molar refractivity (Wildman–Crippen MR) is 332 cm³/mol. The van der Waals surface area contributed by atoms with E-state index in [9.17, 15) is 0 Å². The Kier molecular flexibility index (Phi) is 10.9. The predicted octanol–water partition coefficient (Wildman–Crippen LogP) is 19.6. The molecule has 15 aromatic rings. The SMILES string of the molecule is CC.CC1(C)c2ccccc2-c2cc(-c3cccc(-c4cccc(-c5cccc6c7cc(-n8c9ccccc9c9ccccc98)ccc7n(-c7nc(-c8ccccc8)nc(-c8ccc9c(c8)oc8ccccc89)n7)c56)c4)c3)ccc21.